The van der Waals surface area contributed by atoms with Crippen molar-refractivity contribution in [2.45, 2.75) is 12.8 Å². The maximum Gasteiger partial charge on any atom is 0.321 e. The molecule has 0 radical (unpaired) electrons. The molecule has 0 saturated heterocycles. The number of hydrogen-bond acceptors (Lipinski definition) is 3. The maximum atomic E-state index is 12.7. The summed E-state index contributed by atoms with van der Waals surface area (Å²) in [5.74, 6) is -1.66. The van der Waals surface area contributed by atoms with Crippen molar-refractivity contribution in [3.05, 3.63) is 69.3 Å². The van der Waals surface area contributed by atoms with Gasteiger partial charge in [0.05, 0.1) is 6.61 Å². The van der Waals surface area contributed by atoms with Gasteiger partial charge in [-0.05, 0) is 41.1 Å². The first-order valence-electron chi connectivity index (χ1n) is 6.65. The number of ether oxygens (including phenoxy) is 1. The smallest absolute Gasteiger partial charge is 0.321 e. The Balaban J connectivity index is 2.45. The molecule has 3 nitrogen and oxygen atoms in total. The largest absolute Gasteiger partial charge is 0.465 e. The lowest BCUT2D eigenvalue weighted by Crippen LogP contribution is -2.25. The molecule has 2 aromatic rings. The summed E-state index contributed by atoms with van der Waals surface area (Å²) in [6.07, 6.45) is 0. The van der Waals surface area contributed by atoms with E-state index in [1.165, 1.54) is 0 Å². The monoisotopic (exact) mass is 394 g/mol. The molecule has 0 aliphatic carbocycles. The molecule has 0 fully saturated rings. The molecule has 2 aromatic carbocycles. The van der Waals surface area contributed by atoms with Gasteiger partial charge in [-0.3, -0.25) is 9.59 Å². The van der Waals surface area contributed by atoms with Gasteiger partial charge in [0.15, 0.2) is 5.78 Å². The molecule has 0 bridgehead atoms. The van der Waals surface area contributed by atoms with Crippen LogP contribution in [-0.4, -0.2) is 18.4 Å². The Bertz CT molecular complexity index is 637. The van der Waals surface area contributed by atoms with E-state index >= 15 is 0 Å². The molecule has 1 unspecified atom stereocenters. The first-order valence-corrected chi connectivity index (χ1v) is 7.73. The highest BCUT2D eigenvalue weighted by Gasteiger charge is 2.31. The van der Waals surface area contributed by atoms with E-state index in [9.17, 15) is 9.59 Å². The molecular weight excluding hydrogens is 379 g/mol. The third-order valence-electron chi connectivity index (χ3n) is 3.06. The average molecular weight is 394 g/mol. The number of benzene rings is 2. The van der Waals surface area contributed by atoms with Gasteiger partial charge in [-0.15, -0.1) is 0 Å². The summed E-state index contributed by atoms with van der Waals surface area (Å²) in [5.41, 5.74) is 1.20. The summed E-state index contributed by atoms with van der Waals surface area (Å²) in [6, 6.07) is 16.2. The maximum absolute atomic E-state index is 12.7. The van der Waals surface area contributed by atoms with Crippen LogP contribution in [0.1, 0.15) is 28.8 Å². The van der Waals surface area contributed by atoms with Crippen LogP contribution in [0.5, 0.6) is 0 Å². The standard InChI is InChI=1S/C17H15IO3/c1-2-21-17(20)15(13-10-6-7-11-14(13)18)16(19)12-8-4-3-5-9-12/h3-11,15H,2H2,1H3. The summed E-state index contributed by atoms with van der Waals surface area (Å²) in [6.45, 7) is 1.98. The number of Topliss-reactive ketones (excluding diaryl/α,β-unsaturated/α-hetero) is 1. The number of carbonyl (C=O) groups is 2. The highest BCUT2D eigenvalue weighted by molar-refractivity contribution is 14.1. The van der Waals surface area contributed by atoms with Crippen LogP contribution in [0.3, 0.4) is 0 Å². The van der Waals surface area contributed by atoms with Crippen LogP contribution in [-0.2, 0) is 9.53 Å². The predicted octanol–water partition coefficient (Wildman–Crippen LogP) is 3.82. The van der Waals surface area contributed by atoms with E-state index in [0.29, 0.717) is 11.1 Å². The summed E-state index contributed by atoms with van der Waals surface area (Å²) >= 11 is 2.13. The van der Waals surface area contributed by atoms with Gasteiger partial charge in [0.2, 0.25) is 0 Å². The molecule has 0 heterocycles. The molecule has 21 heavy (non-hydrogen) atoms. The van der Waals surface area contributed by atoms with Gasteiger partial charge in [-0.1, -0.05) is 48.5 Å². The van der Waals surface area contributed by atoms with Crippen LogP contribution in [0.2, 0.25) is 0 Å². The van der Waals surface area contributed by atoms with Gasteiger partial charge in [0.1, 0.15) is 5.92 Å². The Hall–Kier alpha value is -1.69. The van der Waals surface area contributed by atoms with Crippen molar-refractivity contribution in [3.63, 3.8) is 0 Å². The molecule has 0 aromatic heterocycles. The van der Waals surface area contributed by atoms with Gasteiger partial charge in [0, 0.05) is 9.13 Å². The lowest BCUT2D eigenvalue weighted by atomic mass is 9.90. The number of hydrogen-bond donors (Lipinski definition) is 0. The SMILES string of the molecule is CCOC(=O)C(C(=O)c1ccccc1)c1ccccc1I. The highest BCUT2D eigenvalue weighted by Crippen LogP contribution is 2.26. The predicted molar refractivity (Wildman–Crippen MR) is 89.3 cm³/mol. The molecule has 1 atom stereocenters. The van der Waals surface area contributed by atoms with Crippen molar-refractivity contribution in [2.24, 2.45) is 0 Å². The van der Waals surface area contributed by atoms with Crippen molar-refractivity contribution in [3.8, 4) is 0 Å². The number of rotatable bonds is 5. The molecule has 0 aliphatic rings. The first-order chi connectivity index (χ1) is 10.1. The fourth-order valence-corrected chi connectivity index (χ4v) is 2.78. The van der Waals surface area contributed by atoms with Crippen molar-refractivity contribution in [1.29, 1.82) is 0 Å². The third-order valence-corrected chi connectivity index (χ3v) is 4.04. The summed E-state index contributed by atoms with van der Waals surface area (Å²) in [7, 11) is 0. The zero-order chi connectivity index (χ0) is 15.2. The Morgan fingerprint density at radius 1 is 1.05 bits per heavy atom. The van der Waals surface area contributed by atoms with E-state index in [-0.39, 0.29) is 12.4 Å². The van der Waals surface area contributed by atoms with Crippen molar-refractivity contribution in [1.82, 2.24) is 0 Å². The van der Waals surface area contributed by atoms with E-state index in [0.717, 1.165) is 3.57 Å². The van der Waals surface area contributed by atoms with Crippen molar-refractivity contribution < 1.29 is 14.3 Å². The minimum Gasteiger partial charge on any atom is -0.465 e. The Morgan fingerprint density at radius 2 is 1.67 bits per heavy atom. The van der Waals surface area contributed by atoms with Gasteiger partial charge >= 0.3 is 5.97 Å². The van der Waals surface area contributed by atoms with E-state index < -0.39 is 11.9 Å². The fourth-order valence-electron chi connectivity index (χ4n) is 2.08. The second-order valence-corrected chi connectivity index (χ2v) is 5.60. The Kier molecular flexibility index (Phi) is 5.50. The molecule has 0 amide bonds. The van der Waals surface area contributed by atoms with E-state index in [1.54, 1.807) is 37.3 Å². The Morgan fingerprint density at radius 3 is 2.29 bits per heavy atom. The van der Waals surface area contributed by atoms with Crippen molar-refractivity contribution in [2.75, 3.05) is 6.61 Å². The number of esters is 1. The summed E-state index contributed by atoms with van der Waals surface area (Å²) in [5, 5.41) is 0. The van der Waals surface area contributed by atoms with Gasteiger partial charge in [0.25, 0.3) is 0 Å². The van der Waals surface area contributed by atoms with Gasteiger partial charge < -0.3 is 4.74 Å². The van der Waals surface area contributed by atoms with Crippen LogP contribution >= 0.6 is 22.6 Å². The van der Waals surface area contributed by atoms with Crippen LogP contribution in [0.4, 0.5) is 0 Å². The number of carbonyl (C=O) groups excluding carboxylic acids is 2. The van der Waals surface area contributed by atoms with E-state index in [4.69, 9.17) is 4.74 Å². The zero-order valence-electron chi connectivity index (χ0n) is 11.6. The van der Waals surface area contributed by atoms with Gasteiger partial charge in [-0.25, -0.2) is 0 Å². The summed E-state index contributed by atoms with van der Waals surface area (Å²) < 4.78 is 5.97. The zero-order valence-corrected chi connectivity index (χ0v) is 13.7. The minimum absolute atomic E-state index is 0.238. The molecule has 108 valence electrons. The number of halogens is 1. The molecule has 0 saturated carbocycles. The van der Waals surface area contributed by atoms with Crippen LogP contribution < -0.4 is 0 Å². The molecule has 0 spiro atoms. The normalized spacial score (nSPS) is 11.7. The first kappa shape index (κ1) is 15.7. The molecule has 0 N–H and O–H groups in total. The van der Waals surface area contributed by atoms with Crippen molar-refractivity contribution >= 4 is 34.3 Å². The van der Waals surface area contributed by atoms with Crippen LogP contribution in [0.25, 0.3) is 0 Å². The van der Waals surface area contributed by atoms with E-state index in [1.807, 2.05) is 24.3 Å². The summed E-state index contributed by atoms with van der Waals surface area (Å²) in [4.78, 5) is 25.0. The molecule has 2 rings (SSSR count). The van der Waals surface area contributed by atoms with Crippen LogP contribution in [0.15, 0.2) is 54.6 Å². The second kappa shape index (κ2) is 7.36. The quantitative estimate of drug-likeness (QED) is 0.335. The minimum atomic E-state index is -0.916. The molecule has 4 heteroatoms. The lowest BCUT2D eigenvalue weighted by Gasteiger charge is -2.16. The topological polar surface area (TPSA) is 43.4 Å². The fraction of sp³-hybridized carbons (Fsp3) is 0.176. The lowest BCUT2D eigenvalue weighted by molar-refractivity contribution is -0.143. The van der Waals surface area contributed by atoms with E-state index in [2.05, 4.69) is 22.6 Å². The average Bonchev–Trinajstić information content (AvgIpc) is 2.50. The Labute approximate surface area is 137 Å². The highest BCUT2D eigenvalue weighted by atomic mass is 127. The third kappa shape index (κ3) is 3.69. The molecule has 0 aliphatic heterocycles. The van der Waals surface area contributed by atoms with Crippen LogP contribution in [0, 0.1) is 3.57 Å². The van der Waals surface area contributed by atoms with Gasteiger partial charge in [-0.2, -0.15) is 0 Å². The number of ketones is 1. The second-order valence-electron chi connectivity index (χ2n) is 4.44. The molecular formula is C17H15IO3.